The summed E-state index contributed by atoms with van der Waals surface area (Å²) in [5.74, 6) is 1.28. The Morgan fingerprint density at radius 2 is 1.87 bits per heavy atom. The highest BCUT2D eigenvalue weighted by Gasteiger charge is 2.11. The SMILES string of the molecule is C=CCNC(=O)CCN(CCOc1ccc(OC)cc1)C(C)=O. The van der Waals surface area contributed by atoms with Crippen molar-refractivity contribution in [2.75, 3.05) is 33.4 Å². The number of hydrogen-bond donors (Lipinski definition) is 1. The Kier molecular flexibility index (Phi) is 8.28. The van der Waals surface area contributed by atoms with Crippen LogP contribution < -0.4 is 14.8 Å². The van der Waals surface area contributed by atoms with Crippen LogP contribution in [0.4, 0.5) is 0 Å². The number of amides is 2. The molecule has 23 heavy (non-hydrogen) atoms. The number of carbonyl (C=O) groups is 2. The third kappa shape index (κ3) is 7.35. The van der Waals surface area contributed by atoms with Gasteiger partial charge >= 0.3 is 0 Å². The lowest BCUT2D eigenvalue weighted by atomic mass is 10.3. The zero-order valence-corrected chi connectivity index (χ0v) is 13.7. The van der Waals surface area contributed by atoms with Gasteiger partial charge < -0.3 is 19.7 Å². The molecule has 0 atom stereocenters. The molecule has 0 spiro atoms. The summed E-state index contributed by atoms with van der Waals surface area (Å²) in [6.07, 6.45) is 1.87. The van der Waals surface area contributed by atoms with Gasteiger partial charge in [0.15, 0.2) is 0 Å². The van der Waals surface area contributed by atoms with Crippen LogP contribution in [0.3, 0.4) is 0 Å². The molecule has 0 heterocycles. The quantitative estimate of drug-likeness (QED) is 0.665. The Morgan fingerprint density at radius 3 is 2.43 bits per heavy atom. The molecule has 0 bridgehead atoms. The van der Waals surface area contributed by atoms with E-state index < -0.39 is 0 Å². The van der Waals surface area contributed by atoms with Crippen molar-refractivity contribution in [2.24, 2.45) is 0 Å². The van der Waals surface area contributed by atoms with Gasteiger partial charge in [0.2, 0.25) is 11.8 Å². The van der Waals surface area contributed by atoms with E-state index in [0.717, 1.165) is 5.75 Å². The van der Waals surface area contributed by atoms with Gasteiger partial charge in [0.05, 0.1) is 13.7 Å². The summed E-state index contributed by atoms with van der Waals surface area (Å²) in [5, 5.41) is 2.68. The van der Waals surface area contributed by atoms with Crippen LogP contribution in [0.25, 0.3) is 0 Å². The van der Waals surface area contributed by atoms with Crippen molar-refractivity contribution in [1.29, 1.82) is 0 Å². The summed E-state index contributed by atoms with van der Waals surface area (Å²) in [6.45, 7) is 6.60. The molecule has 1 aromatic rings. The molecule has 0 saturated heterocycles. The van der Waals surface area contributed by atoms with Crippen LogP contribution in [0.5, 0.6) is 11.5 Å². The van der Waals surface area contributed by atoms with E-state index in [9.17, 15) is 9.59 Å². The van der Waals surface area contributed by atoms with Crippen LogP contribution in [0.2, 0.25) is 0 Å². The van der Waals surface area contributed by atoms with Crippen molar-refractivity contribution in [2.45, 2.75) is 13.3 Å². The minimum atomic E-state index is -0.104. The van der Waals surface area contributed by atoms with Crippen molar-refractivity contribution in [3.05, 3.63) is 36.9 Å². The van der Waals surface area contributed by atoms with E-state index >= 15 is 0 Å². The summed E-state index contributed by atoms with van der Waals surface area (Å²) in [4.78, 5) is 24.7. The highest BCUT2D eigenvalue weighted by molar-refractivity contribution is 5.78. The van der Waals surface area contributed by atoms with E-state index in [2.05, 4.69) is 11.9 Å². The third-order valence-corrected chi connectivity index (χ3v) is 3.19. The molecule has 0 aromatic heterocycles. The van der Waals surface area contributed by atoms with Gasteiger partial charge in [0, 0.05) is 26.4 Å². The monoisotopic (exact) mass is 320 g/mol. The van der Waals surface area contributed by atoms with Crippen molar-refractivity contribution >= 4 is 11.8 Å². The van der Waals surface area contributed by atoms with Crippen molar-refractivity contribution < 1.29 is 19.1 Å². The molecule has 6 heteroatoms. The summed E-state index contributed by atoms with van der Waals surface area (Å²) in [5.41, 5.74) is 0. The molecular formula is C17H24N2O4. The van der Waals surface area contributed by atoms with Gasteiger partial charge in [-0.3, -0.25) is 9.59 Å². The average molecular weight is 320 g/mol. The van der Waals surface area contributed by atoms with Gasteiger partial charge in [-0.2, -0.15) is 0 Å². The van der Waals surface area contributed by atoms with Crippen LogP contribution >= 0.6 is 0 Å². The fourth-order valence-corrected chi connectivity index (χ4v) is 1.88. The number of benzene rings is 1. The number of hydrogen-bond acceptors (Lipinski definition) is 4. The summed E-state index contributed by atoms with van der Waals surface area (Å²) in [6, 6.07) is 7.23. The summed E-state index contributed by atoms with van der Waals surface area (Å²) in [7, 11) is 1.60. The molecule has 0 aliphatic carbocycles. The Bertz CT molecular complexity index is 514. The Labute approximate surface area is 137 Å². The maximum Gasteiger partial charge on any atom is 0.222 e. The minimum Gasteiger partial charge on any atom is -0.497 e. The van der Waals surface area contributed by atoms with Gasteiger partial charge in [-0.1, -0.05) is 6.08 Å². The van der Waals surface area contributed by atoms with Crippen molar-refractivity contribution in [3.8, 4) is 11.5 Å². The number of carbonyl (C=O) groups excluding carboxylic acids is 2. The minimum absolute atomic E-state index is 0.0835. The van der Waals surface area contributed by atoms with Crippen LogP contribution in [-0.2, 0) is 9.59 Å². The molecular weight excluding hydrogens is 296 g/mol. The number of nitrogens with one attached hydrogen (secondary N) is 1. The topological polar surface area (TPSA) is 67.9 Å². The largest absolute Gasteiger partial charge is 0.497 e. The Balaban J connectivity index is 2.36. The molecule has 0 unspecified atom stereocenters. The molecule has 0 saturated carbocycles. The highest BCUT2D eigenvalue weighted by Crippen LogP contribution is 2.16. The molecule has 1 rings (SSSR count). The first-order valence-electron chi connectivity index (χ1n) is 7.46. The second kappa shape index (κ2) is 10.3. The fraction of sp³-hybridized carbons (Fsp3) is 0.412. The second-order valence-electron chi connectivity index (χ2n) is 4.87. The van der Waals surface area contributed by atoms with Crippen LogP contribution in [0, 0.1) is 0 Å². The van der Waals surface area contributed by atoms with E-state index in [-0.39, 0.29) is 18.2 Å². The van der Waals surface area contributed by atoms with Gasteiger partial charge in [-0.15, -0.1) is 6.58 Å². The average Bonchev–Trinajstić information content (AvgIpc) is 2.56. The van der Waals surface area contributed by atoms with E-state index in [1.807, 2.05) is 12.1 Å². The van der Waals surface area contributed by atoms with E-state index in [1.54, 1.807) is 30.2 Å². The first kappa shape index (κ1) is 18.5. The maximum absolute atomic E-state index is 11.6. The normalized spacial score (nSPS) is 9.83. The number of ether oxygens (including phenoxy) is 2. The zero-order valence-electron chi connectivity index (χ0n) is 13.7. The molecule has 126 valence electrons. The van der Waals surface area contributed by atoms with E-state index in [4.69, 9.17) is 9.47 Å². The molecule has 1 N–H and O–H groups in total. The summed E-state index contributed by atoms with van der Waals surface area (Å²) >= 11 is 0. The van der Waals surface area contributed by atoms with Gasteiger partial charge in [-0.05, 0) is 24.3 Å². The van der Waals surface area contributed by atoms with Gasteiger partial charge in [0.25, 0.3) is 0 Å². The van der Waals surface area contributed by atoms with Crippen LogP contribution in [0.1, 0.15) is 13.3 Å². The number of methoxy groups -OCH3 is 1. The molecule has 0 fully saturated rings. The Morgan fingerprint density at radius 1 is 1.22 bits per heavy atom. The fourth-order valence-electron chi connectivity index (χ4n) is 1.88. The number of nitrogens with zero attached hydrogens (tertiary/aromatic N) is 1. The third-order valence-electron chi connectivity index (χ3n) is 3.19. The van der Waals surface area contributed by atoms with Crippen LogP contribution in [-0.4, -0.2) is 50.1 Å². The first-order chi connectivity index (χ1) is 11.1. The standard InChI is InChI=1S/C17H24N2O4/c1-4-10-18-17(21)9-11-19(14(2)20)12-13-23-16-7-5-15(22-3)6-8-16/h4-8H,1,9-13H2,2-3H3,(H,18,21). The first-order valence-corrected chi connectivity index (χ1v) is 7.46. The molecule has 2 amide bonds. The maximum atomic E-state index is 11.6. The predicted octanol–water partition coefficient (Wildman–Crippen LogP) is 1.61. The van der Waals surface area contributed by atoms with Crippen molar-refractivity contribution in [1.82, 2.24) is 10.2 Å². The Hall–Kier alpha value is -2.50. The molecule has 6 nitrogen and oxygen atoms in total. The number of rotatable bonds is 10. The van der Waals surface area contributed by atoms with Gasteiger partial charge in [0.1, 0.15) is 18.1 Å². The molecule has 0 aliphatic heterocycles. The molecule has 1 aromatic carbocycles. The van der Waals surface area contributed by atoms with Gasteiger partial charge in [-0.25, -0.2) is 0 Å². The second-order valence-corrected chi connectivity index (χ2v) is 4.87. The summed E-state index contributed by atoms with van der Waals surface area (Å²) < 4.78 is 10.7. The molecule has 0 aliphatic rings. The smallest absolute Gasteiger partial charge is 0.222 e. The predicted molar refractivity (Wildman–Crippen MR) is 88.6 cm³/mol. The zero-order chi connectivity index (χ0) is 17.1. The van der Waals surface area contributed by atoms with Crippen LogP contribution in [0.15, 0.2) is 36.9 Å². The molecule has 0 radical (unpaired) electrons. The highest BCUT2D eigenvalue weighted by atomic mass is 16.5. The van der Waals surface area contributed by atoms with Crippen molar-refractivity contribution in [3.63, 3.8) is 0 Å². The lowest BCUT2D eigenvalue weighted by molar-refractivity contribution is -0.130. The van der Waals surface area contributed by atoms with E-state index in [0.29, 0.717) is 32.0 Å². The lowest BCUT2D eigenvalue weighted by Gasteiger charge is -2.21. The lowest BCUT2D eigenvalue weighted by Crippen LogP contribution is -2.36. The van der Waals surface area contributed by atoms with E-state index in [1.165, 1.54) is 6.92 Å².